The van der Waals surface area contributed by atoms with E-state index < -0.39 is 0 Å². The molecule has 0 aromatic heterocycles. The summed E-state index contributed by atoms with van der Waals surface area (Å²) in [7, 11) is 1.57. The Hall–Kier alpha value is -1.47. The molecule has 146 valence electrons. The van der Waals surface area contributed by atoms with Gasteiger partial charge in [-0.25, -0.2) is 0 Å². The molecule has 26 heavy (non-hydrogen) atoms. The first-order chi connectivity index (χ1) is 12.4. The number of benzene rings is 1. The molecule has 0 radical (unpaired) electrons. The molecule has 0 fully saturated rings. The maximum absolute atomic E-state index is 8.05. The van der Waals surface area contributed by atoms with Gasteiger partial charge in [0.2, 0.25) is 0 Å². The quantitative estimate of drug-likeness (QED) is 0.178. The second-order valence-electron chi connectivity index (χ2n) is 5.16. The Morgan fingerprint density at radius 2 is 1.92 bits per heavy atom. The first kappa shape index (κ1) is 24.5. The molecule has 0 spiro atoms. The Morgan fingerprint density at radius 3 is 2.35 bits per heavy atom. The van der Waals surface area contributed by atoms with Crippen LogP contribution in [0.15, 0.2) is 35.2 Å². The van der Waals surface area contributed by atoms with Gasteiger partial charge in [-0.05, 0) is 66.7 Å². The number of nitrogens with two attached hydrogens (primary N) is 2. The number of allylic oxidation sites excluding steroid dienone is 1. The van der Waals surface area contributed by atoms with E-state index in [-0.39, 0.29) is 6.61 Å². The summed E-state index contributed by atoms with van der Waals surface area (Å²) in [5.74, 6) is 1.09. The van der Waals surface area contributed by atoms with Crippen LogP contribution in [0.25, 0.3) is 0 Å². The molecule has 0 aliphatic carbocycles. The first-order valence-corrected chi connectivity index (χ1v) is 12.3. The lowest BCUT2D eigenvalue weighted by atomic mass is 10.1. The van der Waals surface area contributed by atoms with Crippen molar-refractivity contribution in [2.24, 2.45) is 11.5 Å². The lowest BCUT2D eigenvalue weighted by Crippen LogP contribution is -2.11. The monoisotopic (exact) mass is 492 g/mol. The highest BCUT2D eigenvalue weighted by Crippen LogP contribution is 2.39. The van der Waals surface area contributed by atoms with Gasteiger partial charge in [-0.1, -0.05) is 13.8 Å². The summed E-state index contributed by atoms with van der Waals surface area (Å²) < 4.78 is 11.4. The van der Waals surface area contributed by atoms with Gasteiger partial charge in [0, 0.05) is 23.4 Å². The Kier molecular flexibility index (Phi) is 12.1. The summed E-state index contributed by atoms with van der Waals surface area (Å²) in [5, 5.41) is 11.3. The molecule has 0 heterocycles. The number of methoxy groups -OCH3 is 1. The van der Waals surface area contributed by atoms with E-state index in [4.69, 9.17) is 26.4 Å². The second-order valence-corrected chi connectivity index (χ2v) is 7.22. The Balaban J connectivity index is 0.00000301. The van der Waals surface area contributed by atoms with E-state index in [1.54, 1.807) is 14.0 Å². The highest BCUT2D eigenvalue weighted by atomic mass is 127. The van der Waals surface area contributed by atoms with Crippen molar-refractivity contribution in [2.75, 3.05) is 18.8 Å². The molecule has 6 nitrogen and oxygen atoms in total. The van der Waals surface area contributed by atoms with E-state index in [1.165, 1.54) is 6.20 Å². The lowest BCUT2D eigenvalue weighted by Gasteiger charge is -2.19. The SMILES string of the molecule is CC.COc1c(OCC(/C(C)=C\N)=C(\C)N)ccc(NPI)c1C(C)=N. The summed E-state index contributed by atoms with van der Waals surface area (Å²) in [6.07, 6.45) is 2.00. The van der Waals surface area contributed by atoms with Crippen LogP contribution in [0.5, 0.6) is 11.5 Å². The van der Waals surface area contributed by atoms with E-state index >= 15 is 0 Å². The lowest BCUT2D eigenvalue weighted by molar-refractivity contribution is 0.319. The summed E-state index contributed by atoms with van der Waals surface area (Å²) in [4.78, 5) is 0. The number of halogens is 1. The molecule has 1 aromatic rings. The number of nitrogens with one attached hydrogen (secondary N) is 2. The summed E-state index contributed by atoms with van der Waals surface area (Å²) in [6.45, 7) is 9.69. The van der Waals surface area contributed by atoms with Crippen LogP contribution in [0.3, 0.4) is 0 Å². The van der Waals surface area contributed by atoms with Gasteiger partial charge in [0.05, 0.1) is 18.4 Å². The fraction of sp³-hybridized carbons (Fsp3) is 0.389. The number of hydrogen-bond acceptors (Lipinski definition) is 6. The minimum atomic E-state index is 0.273. The third-order valence-corrected chi connectivity index (χ3v) is 4.63. The number of hydrogen-bond donors (Lipinski definition) is 4. The third kappa shape index (κ3) is 6.68. The Bertz CT molecular complexity index is 671. The molecule has 0 amide bonds. The Labute approximate surface area is 171 Å². The van der Waals surface area contributed by atoms with Gasteiger partial charge in [0.25, 0.3) is 0 Å². The van der Waals surface area contributed by atoms with Crippen LogP contribution < -0.4 is 26.0 Å². The molecule has 1 rings (SSSR count). The molecule has 8 heteroatoms. The van der Waals surface area contributed by atoms with Crippen LogP contribution in [0.4, 0.5) is 5.69 Å². The normalized spacial score (nSPS) is 12.2. The van der Waals surface area contributed by atoms with Crippen LogP contribution in [-0.2, 0) is 0 Å². The van der Waals surface area contributed by atoms with Crippen LogP contribution in [-0.4, -0.2) is 19.4 Å². The fourth-order valence-electron chi connectivity index (χ4n) is 2.20. The zero-order valence-corrected chi connectivity index (χ0v) is 19.4. The van der Waals surface area contributed by atoms with E-state index in [2.05, 4.69) is 27.1 Å². The summed E-state index contributed by atoms with van der Waals surface area (Å²) in [5.41, 5.74) is 15.8. The van der Waals surface area contributed by atoms with Crippen molar-refractivity contribution in [2.45, 2.75) is 34.6 Å². The standard InChI is InChI=1S/C16H24IN4O2P.C2H6/c1-9(7-18)12(10(2)19)8-23-14-6-5-13(21-24-17)15(11(3)20)16(14)22-4;1-2/h5-7,20-21,24H,8,18-19H2,1-4H3;1-2H3/b9-7-,12-10-,20-11?;. The highest BCUT2D eigenvalue weighted by Gasteiger charge is 2.17. The van der Waals surface area contributed by atoms with Crippen molar-refractivity contribution in [3.8, 4) is 11.5 Å². The van der Waals surface area contributed by atoms with Crippen molar-refractivity contribution >= 4 is 39.8 Å². The first-order valence-electron chi connectivity index (χ1n) is 8.22. The number of anilines is 1. The van der Waals surface area contributed by atoms with Gasteiger partial charge in [-0.2, -0.15) is 0 Å². The maximum atomic E-state index is 8.05. The van der Waals surface area contributed by atoms with E-state index in [1.807, 2.05) is 39.8 Å². The number of ether oxygens (including phenoxy) is 2. The molecule has 0 aliphatic heterocycles. The molecule has 0 saturated heterocycles. The van der Waals surface area contributed by atoms with Crippen molar-refractivity contribution < 1.29 is 9.47 Å². The Morgan fingerprint density at radius 1 is 1.31 bits per heavy atom. The van der Waals surface area contributed by atoms with Crippen LogP contribution in [0.1, 0.15) is 40.2 Å². The van der Waals surface area contributed by atoms with Gasteiger partial charge >= 0.3 is 0 Å². The second kappa shape index (κ2) is 12.8. The smallest absolute Gasteiger partial charge is 0.171 e. The molecule has 1 atom stereocenters. The molecule has 1 aromatic carbocycles. The van der Waals surface area contributed by atoms with Crippen molar-refractivity contribution in [3.05, 3.63) is 40.7 Å². The summed E-state index contributed by atoms with van der Waals surface area (Å²) >= 11 is 2.24. The molecule has 6 N–H and O–H groups in total. The topological polar surface area (TPSA) is 106 Å². The zero-order valence-electron chi connectivity index (χ0n) is 16.3. The maximum Gasteiger partial charge on any atom is 0.171 e. The van der Waals surface area contributed by atoms with Gasteiger partial charge in [-0.3, -0.25) is 0 Å². The highest BCUT2D eigenvalue weighted by molar-refractivity contribution is 14.2. The molecule has 0 saturated carbocycles. The largest absolute Gasteiger partial charge is 0.492 e. The fourth-order valence-corrected chi connectivity index (χ4v) is 3.38. The molecule has 0 bridgehead atoms. The van der Waals surface area contributed by atoms with E-state index in [0.717, 1.165) is 16.8 Å². The van der Waals surface area contributed by atoms with Gasteiger partial charge in [0.15, 0.2) is 11.5 Å². The minimum Gasteiger partial charge on any atom is -0.492 e. The van der Waals surface area contributed by atoms with Crippen molar-refractivity contribution in [1.82, 2.24) is 0 Å². The van der Waals surface area contributed by atoms with Crippen molar-refractivity contribution in [1.29, 1.82) is 5.41 Å². The minimum absolute atomic E-state index is 0.273. The van der Waals surface area contributed by atoms with Crippen LogP contribution >= 0.6 is 28.4 Å². The van der Waals surface area contributed by atoms with Gasteiger partial charge in [0.1, 0.15) is 6.61 Å². The van der Waals surface area contributed by atoms with E-state index in [9.17, 15) is 0 Å². The zero-order chi connectivity index (χ0) is 20.3. The van der Waals surface area contributed by atoms with Crippen LogP contribution in [0, 0.1) is 5.41 Å². The van der Waals surface area contributed by atoms with Gasteiger partial charge < -0.3 is 31.4 Å². The van der Waals surface area contributed by atoms with Crippen LogP contribution in [0.2, 0.25) is 0 Å². The average Bonchev–Trinajstić information content (AvgIpc) is 2.63. The molecule has 0 aliphatic rings. The van der Waals surface area contributed by atoms with E-state index in [0.29, 0.717) is 34.8 Å². The molecular weight excluding hydrogens is 462 g/mol. The molecule has 1 unspecified atom stereocenters. The average molecular weight is 492 g/mol. The molecular formula is C18H30IN4O2P. The summed E-state index contributed by atoms with van der Waals surface area (Å²) in [6, 6.07) is 3.72. The number of rotatable bonds is 8. The predicted octanol–water partition coefficient (Wildman–Crippen LogP) is 4.94. The van der Waals surface area contributed by atoms with Crippen molar-refractivity contribution in [3.63, 3.8) is 0 Å². The predicted molar refractivity (Wildman–Crippen MR) is 123 cm³/mol. The third-order valence-electron chi connectivity index (χ3n) is 3.46. The van der Waals surface area contributed by atoms with Gasteiger partial charge in [-0.15, -0.1) is 0 Å².